The minimum absolute atomic E-state index is 0. The number of hydrogen-bond donors (Lipinski definition) is 3. The van der Waals surface area contributed by atoms with Gasteiger partial charge in [-0.2, -0.15) is 11.8 Å². The predicted molar refractivity (Wildman–Crippen MR) is 130 cm³/mol. The monoisotopic (exact) mass is 483 g/mol. The molecule has 1 aromatic carbocycles. The van der Waals surface area contributed by atoms with E-state index in [1.807, 2.05) is 0 Å². The molecular formula is C22H31ClFN5O2S. The Morgan fingerprint density at radius 2 is 1.97 bits per heavy atom. The lowest BCUT2D eigenvalue weighted by Crippen LogP contribution is -2.41. The first-order valence-electron chi connectivity index (χ1n) is 11.1. The Bertz CT molecular complexity index is 990. The van der Waals surface area contributed by atoms with Gasteiger partial charge in [0.15, 0.2) is 0 Å². The summed E-state index contributed by atoms with van der Waals surface area (Å²) in [6, 6.07) is 3.55. The Balaban J connectivity index is 0.00000289. The molecular weight excluding hydrogens is 453 g/mol. The summed E-state index contributed by atoms with van der Waals surface area (Å²) in [5, 5.41) is 6.52. The summed E-state index contributed by atoms with van der Waals surface area (Å²) in [7, 11) is 1.65. The van der Waals surface area contributed by atoms with E-state index in [-0.39, 0.29) is 23.7 Å². The fourth-order valence-electron chi connectivity index (χ4n) is 4.44. The van der Waals surface area contributed by atoms with E-state index >= 15 is 0 Å². The number of anilines is 1. The van der Waals surface area contributed by atoms with Gasteiger partial charge in [-0.15, -0.1) is 12.4 Å². The highest BCUT2D eigenvalue weighted by atomic mass is 35.5. The number of carbonyl (C=O) groups excluding carboxylic acids is 1. The summed E-state index contributed by atoms with van der Waals surface area (Å²) in [5.74, 6) is 0.660. The number of rotatable bonds is 7. The minimum Gasteiger partial charge on any atom is -0.382 e. The highest BCUT2D eigenvalue weighted by Gasteiger charge is 2.22. The molecule has 2 heterocycles. The second-order valence-corrected chi connectivity index (χ2v) is 9.74. The first-order chi connectivity index (χ1) is 15.0. The molecule has 10 heteroatoms. The lowest BCUT2D eigenvalue weighted by atomic mass is 10.1. The molecule has 32 heavy (non-hydrogen) atoms. The zero-order valence-electron chi connectivity index (χ0n) is 18.3. The molecule has 0 bridgehead atoms. The van der Waals surface area contributed by atoms with Crippen molar-refractivity contribution in [2.24, 2.45) is 0 Å². The Morgan fingerprint density at radius 1 is 1.25 bits per heavy atom. The van der Waals surface area contributed by atoms with Crippen molar-refractivity contribution in [2.75, 3.05) is 32.0 Å². The molecule has 176 valence electrons. The maximum Gasteiger partial charge on any atom is 0.261 e. The summed E-state index contributed by atoms with van der Waals surface area (Å²) in [6.45, 7) is 2.21. The number of likely N-dealkylation sites (N-methyl/N-ethyl adjacent to an activating group) is 1. The second-order valence-electron chi connectivity index (χ2n) is 8.45. The van der Waals surface area contributed by atoms with Gasteiger partial charge in [-0.1, -0.05) is 12.8 Å². The van der Waals surface area contributed by atoms with Crippen LogP contribution in [0.3, 0.4) is 0 Å². The van der Waals surface area contributed by atoms with Gasteiger partial charge < -0.3 is 15.6 Å². The van der Waals surface area contributed by atoms with Crippen molar-refractivity contribution in [3.8, 4) is 0 Å². The lowest BCUT2D eigenvalue weighted by Gasteiger charge is -2.30. The molecule has 1 aliphatic heterocycles. The lowest BCUT2D eigenvalue weighted by molar-refractivity contribution is -0.121. The molecule has 0 radical (unpaired) electrons. The first-order valence-corrected chi connectivity index (χ1v) is 12.1. The number of benzene rings is 1. The third kappa shape index (κ3) is 6.14. The number of hydrogen-bond acceptors (Lipinski definition) is 6. The number of piperidine rings is 1. The normalized spacial score (nSPS) is 17.9. The summed E-state index contributed by atoms with van der Waals surface area (Å²) in [6.07, 6.45) is 6.54. The zero-order chi connectivity index (χ0) is 21.8. The number of halogens is 2. The van der Waals surface area contributed by atoms with Crippen LogP contribution < -0.4 is 16.2 Å². The number of H-pyrrole nitrogens is 1. The average molecular weight is 484 g/mol. The number of fused-ring (bicyclic) bond motifs is 1. The van der Waals surface area contributed by atoms with E-state index in [4.69, 9.17) is 0 Å². The Hall–Kier alpha value is -1.84. The van der Waals surface area contributed by atoms with Crippen molar-refractivity contribution in [1.29, 1.82) is 0 Å². The second kappa shape index (κ2) is 11.3. The molecule has 1 saturated heterocycles. The maximum atomic E-state index is 14.6. The standard InChI is InChI=1S/C22H30FN5O2S.ClH/c1-24-20(29)12-28-8-6-16(7-9-28)31-13-19-26-18-11-15(25-14-4-2-3-5-14)10-17(23)21(18)22(30)27-19;/h10-11,14,16,25H,2-9,12-13H2,1H3,(H,24,29)(H,26,27,30);1H. The van der Waals surface area contributed by atoms with Gasteiger partial charge in [0, 0.05) is 24.0 Å². The van der Waals surface area contributed by atoms with Crippen molar-refractivity contribution in [3.05, 3.63) is 34.1 Å². The van der Waals surface area contributed by atoms with E-state index < -0.39 is 11.4 Å². The van der Waals surface area contributed by atoms with E-state index in [1.165, 1.54) is 18.9 Å². The van der Waals surface area contributed by atoms with Gasteiger partial charge >= 0.3 is 0 Å². The van der Waals surface area contributed by atoms with E-state index in [9.17, 15) is 14.0 Å². The molecule has 3 N–H and O–H groups in total. The summed E-state index contributed by atoms with van der Waals surface area (Å²) in [5.41, 5.74) is 0.670. The smallest absolute Gasteiger partial charge is 0.261 e. The molecule has 0 atom stereocenters. The van der Waals surface area contributed by atoms with Crippen molar-refractivity contribution >= 4 is 46.7 Å². The minimum atomic E-state index is -0.533. The number of nitrogens with zero attached hydrogens (tertiary/aromatic N) is 2. The van der Waals surface area contributed by atoms with Crippen LogP contribution in [0.2, 0.25) is 0 Å². The van der Waals surface area contributed by atoms with Crippen LogP contribution in [0.1, 0.15) is 44.3 Å². The molecule has 2 aliphatic rings. The predicted octanol–water partition coefficient (Wildman–Crippen LogP) is 3.28. The van der Waals surface area contributed by atoms with Crippen LogP contribution in [0.5, 0.6) is 0 Å². The van der Waals surface area contributed by atoms with E-state index in [0.29, 0.717) is 40.6 Å². The molecule has 1 amide bonds. The summed E-state index contributed by atoms with van der Waals surface area (Å²) < 4.78 is 14.6. The van der Waals surface area contributed by atoms with Crippen LogP contribution in [0.15, 0.2) is 16.9 Å². The Morgan fingerprint density at radius 3 is 2.66 bits per heavy atom. The molecule has 1 aliphatic carbocycles. The van der Waals surface area contributed by atoms with Crippen LogP contribution in [-0.2, 0) is 10.5 Å². The number of nitrogens with one attached hydrogen (secondary N) is 3. The molecule has 7 nitrogen and oxygen atoms in total. The van der Waals surface area contributed by atoms with Gasteiger partial charge in [0.1, 0.15) is 17.0 Å². The van der Waals surface area contributed by atoms with Crippen molar-refractivity contribution < 1.29 is 9.18 Å². The molecule has 2 aromatic rings. The maximum absolute atomic E-state index is 14.6. The Labute approximate surface area is 197 Å². The van der Waals surface area contributed by atoms with Crippen LogP contribution in [-0.4, -0.2) is 58.7 Å². The van der Waals surface area contributed by atoms with Crippen molar-refractivity contribution in [3.63, 3.8) is 0 Å². The van der Waals surface area contributed by atoms with Crippen LogP contribution in [0.4, 0.5) is 10.1 Å². The number of amides is 1. The first kappa shape index (κ1) is 24.8. The number of aromatic nitrogens is 2. The van der Waals surface area contributed by atoms with Crippen LogP contribution in [0, 0.1) is 5.82 Å². The average Bonchev–Trinajstić information content (AvgIpc) is 3.25. The zero-order valence-corrected chi connectivity index (χ0v) is 19.9. The fraction of sp³-hybridized carbons (Fsp3) is 0.591. The number of thioether (sulfide) groups is 1. The molecule has 2 fully saturated rings. The van der Waals surface area contributed by atoms with Gasteiger partial charge in [0.05, 0.1) is 17.8 Å². The summed E-state index contributed by atoms with van der Waals surface area (Å²) in [4.78, 5) is 33.5. The number of likely N-dealkylation sites (tertiary alicyclic amines) is 1. The quantitative estimate of drug-likeness (QED) is 0.560. The number of carbonyl (C=O) groups is 1. The molecule has 0 unspecified atom stereocenters. The van der Waals surface area contributed by atoms with E-state index in [1.54, 1.807) is 24.9 Å². The van der Waals surface area contributed by atoms with Gasteiger partial charge in [-0.05, 0) is 50.9 Å². The van der Waals surface area contributed by atoms with Crippen molar-refractivity contribution in [2.45, 2.75) is 55.6 Å². The van der Waals surface area contributed by atoms with Gasteiger partial charge in [0.25, 0.3) is 5.56 Å². The van der Waals surface area contributed by atoms with E-state index in [2.05, 4.69) is 25.5 Å². The third-order valence-electron chi connectivity index (χ3n) is 6.17. The van der Waals surface area contributed by atoms with Crippen molar-refractivity contribution in [1.82, 2.24) is 20.2 Å². The molecule has 1 aromatic heterocycles. The Kier molecular flexibility index (Phi) is 8.79. The van der Waals surface area contributed by atoms with Gasteiger partial charge in [0.2, 0.25) is 5.91 Å². The highest BCUT2D eigenvalue weighted by molar-refractivity contribution is 7.99. The third-order valence-corrected chi connectivity index (χ3v) is 7.55. The van der Waals surface area contributed by atoms with E-state index in [0.717, 1.165) is 38.8 Å². The largest absolute Gasteiger partial charge is 0.382 e. The molecule has 0 spiro atoms. The SMILES string of the molecule is CNC(=O)CN1CCC(SCc2nc3cc(NC4CCCC4)cc(F)c3c(=O)[nH]2)CC1.Cl. The van der Waals surface area contributed by atoms with Gasteiger partial charge in [-0.25, -0.2) is 9.37 Å². The van der Waals surface area contributed by atoms with Crippen LogP contribution >= 0.6 is 24.2 Å². The van der Waals surface area contributed by atoms with Crippen LogP contribution in [0.25, 0.3) is 10.9 Å². The topological polar surface area (TPSA) is 90.1 Å². The highest BCUT2D eigenvalue weighted by Crippen LogP contribution is 2.27. The molecule has 4 rings (SSSR count). The molecule has 1 saturated carbocycles. The summed E-state index contributed by atoms with van der Waals surface area (Å²) >= 11 is 1.76. The number of aromatic amines is 1. The fourth-order valence-corrected chi connectivity index (χ4v) is 5.52. The van der Waals surface area contributed by atoms with Gasteiger partial charge in [-0.3, -0.25) is 14.5 Å².